The number of nitrogens with zero attached hydrogens (tertiary/aromatic N) is 2. The van der Waals surface area contributed by atoms with Crippen LogP contribution in [-0.4, -0.2) is 36.6 Å². The predicted octanol–water partition coefficient (Wildman–Crippen LogP) is 1.39. The van der Waals surface area contributed by atoms with Gasteiger partial charge in [0.25, 0.3) is 0 Å². The van der Waals surface area contributed by atoms with E-state index < -0.39 is 0 Å². The molecule has 5 nitrogen and oxygen atoms in total. The lowest BCUT2D eigenvalue weighted by molar-refractivity contribution is 0.0986. The molecule has 0 aliphatic rings. The highest BCUT2D eigenvalue weighted by molar-refractivity contribution is 5.11. The zero-order valence-corrected chi connectivity index (χ0v) is 10.6. The fraction of sp³-hybridized carbons (Fsp3) is 0.667. The van der Waals surface area contributed by atoms with E-state index in [-0.39, 0.29) is 0 Å². The Bertz CT molecular complexity index is 290. The summed E-state index contributed by atoms with van der Waals surface area (Å²) in [4.78, 5) is 0. The second kappa shape index (κ2) is 8.90. The largest absolute Gasteiger partial charge is 0.474 e. The van der Waals surface area contributed by atoms with E-state index in [1.54, 1.807) is 0 Å². The second-order valence-corrected chi connectivity index (χ2v) is 3.60. The minimum Gasteiger partial charge on any atom is -0.474 e. The first-order valence-corrected chi connectivity index (χ1v) is 6.10. The molecule has 0 saturated heterocycles. The molecule has 0 atom stereocenters. The molecule has 0 unspecified atom stereocenters. The van der Waals surface area contributed by atoms with Crippen LogP contribution in [0.15, 0.2) is 12.1 Å². The molecule has 1 heterocycles. The van der Waals surface area contributed by atoms with Gasteiger partial charge in [-0.3, -0.25) is 0 Å². The summed E-state index contributed by atoms with van der Waals surface area (Å²) >= 11 is 0. The van der Waals surface area contributed by atoms with Crippen molar-refractivity contribution < 1.29 is 9.47 Å². The third-order valence-electron chi connectivity index (χ3n) is 2.08. The van der Waals surface area contributed by atoms with Crippen molar-refractivity contribution in [2.75, 3.05) is 26.4 Å². The minimum absolute atomic E-state index is 0.515. The lowest BCUT2D eigenvalue weighted by Crippen LogP contribution is -2.13. The van der Waals surface area contributed by atoms with Crippen LogP contribution in [0.4, 0.5) is 0 Å². The molecule has 0 spiro atoms. The van der Waals surface area contributed by atoms with Crippen molar-refractivity contribution >= 4 is 0 Å². The summed E-state index contributed by atoms with van der Waals surface area (Å²) in [6.07, 6.45) is 1.03. The Morgan fingerprint density at radius 1 is 1.12 bits per heavy atom. The Morgan fingerprint density at radius 2 is 2.00 bits per heavy atom. The SMILES string of the molecule is CCCOCCOc1ccc(CNCC)nn1. The van der Waals surface area contributed by atoms with Crippen LogP contribution in [0.5, 0.6) is 5.88 Å². The molecule has 0 amide bonds. The van der Waals surface area contributed by atoms with Gasteiger partial charge in [-0.05, 0) is 19.0 Å². The predicted molar refractivity (Wildman–Crippen MR) is 66.0 cm³/mol. The molecule has 0 aliphatic heterocycles. The zero-order chi connectivity index (χ0) is 12.3. The summed E-state index contributed by atoms with van der Waals surface area (Å²) in [6.45, 7) is 7.68. The fourth-order valence-corrected chi connectivity index (χ4v) is 1.22. The van der Waals surface area contributed by atoms with E-state index in [2.05, 4.69) is 29.4 Å². The van der Waals surface area contributed by atoms with Crippen molar-refractivity contribution in [2.45, 2.75) is 26.8 Å². The van der Waals surface area contributed by atoms with E-state index in [4.69, 9.17) is 9.47 Å². The minimum atomic E-state index is 0.515. The third-order valence-corrected chi connectivity index (χ3v) is 2.08. The summed E-state index contributed by atoms with van der Waals surface area (Å²) in [5, 5.41) is 11.2. The van der Waals surface area contributed by atoms with Crippen LogP contribution >= 0.6 is 0 Å². The molecule has 1 aromatic rings. The Labute approximate surface area is 103 Å². The van der Waals surface area contributed by atoms with E-state index in [9.17, 15) is 0 Å². The fourth-order valence-electron chi connectivity index (χ4n) is 1.22. The lowest BCUT2D eigenvalue weighted by Gasteiger charge is -2.06. The smallest absolute Gasteiger partial charge is 0.233 e. The maximum atomic E-state index is 5.39. The van der Waals surface area contributed by atoms with Gasteiger partial charge in [0.15, 0.2) is 0 Å². The van der Waals surface area contributed by atoms with E-state index in [0.29, 0.717) is 19.1 Å². The van der Waals surface area contributed by atoms with E-state index in [0.717, 1.165) is 31.8 Å². The maximum absolute atomic E-state index is 5.39. The van der Waals surface area contributed by atoms with Gasteiger partial charge in [-0.1, -0.05) is 13.8 Å². The van der Waals surface area contributed by atoms with Crippen molar-refractivity contribution in [3.63, 3.8) is 0 Å². The molecule has 1 aromatic heterocycles. The van der Waals surface area contributed by atoms with Gasteiger partial charge >= 0.3 is 0 Å². The number of aromatic nitrogens is 2. The molecule has 1 N–H and O–H groups in total. The summed E-state index contributed by atoms with van der Waals surface area (Å²) in [6, 6.07) is 3.75. The lowest BCUT2D eigenvalue weighted by atomic mass is 10.4. The summed E-state index contributed by atoms with van der Waals surface area (Å²) in [7, 11) is 0. The highest BCUT2D eigenvalue weighted by Crippen LogP contribution is 2.04. The number of hydrogen-bond acceptors (Lipinski definition) is 5. The molecule has 0 bridgehead atoms. The second-order valence-electron chi connectivity index (χ2n) is 3.60. The summed E-state index contributed by atoms with van der Waals surface area (Å²) in [5.41, 5.74) is 0.918. The maximum Gasteiger partial charge on any atom is 0.233 e. The van der Waals surface area contributed by atoms with E-state index in [1.165, 1.54) is 0 Å². The average Bonchev–Trinajstić information content (AvgIpc) is 2.37. The van der Waals surface area contributed by atoms with E-state index >= 15 is 0 Å². The highest BCUT2D eigenvalue weighted by atomic mass is 16.5. The molecule has 0 saturated carbocycles. The van der Waals surface area contributed by atoms with Crippen molar-refractivity contribution in [2.24, 2.45) is 0 Å². The van der Waals surface area contributed by atoms with Crippen LogP contribution in [0, 0.1) is 0 Å². The van der Waals surface area contributed by atoms with Gasteiger partial charge in [-0.2, -0.15) is 5.10 Å². The molecule has 0 radical (unpaired) electrons. The van der Waals surface area contributed by atoms with Gasteiger partial charge < -0.3 is 14.8 Å². The Morgan fingerprint density at radius 3 is 2.65 bits per heavy atom. The molecule has 1 rings (SSSR count). The Balaban J connectivity index is 2.20. The van der Waals surface area contributed by atoms with Gasteiger partial charge in [0.1, 0.15) is 6.61 Å². The number of nitrogens with one attached hydrogen (secondary N) is 1. The first-order valence-electron chi connectivity index (χ1n) is 6.10. The summed E-state index contributed by atoms with van der Waals surface area (Å²) < 4.78 is 10.7. The number of rotatable bonds is 9. The number of ether oxygens (including phenoxy) is 2. The van der Waals surface area contributed by atoms with E-state index in [1.807, 2.05) is 12.1 Å². The van der Waals surface area contributed by atoms with Crippen LogP contribution in [0.3, 0.4) is 0 Å². The molecular weight excluding hydrogens is 218 g/mol. The van der Waals surface area contributed by atoms with Gasteiger partial charge in [-0.15, -0.1) is 5.10 Å². The van der Waals surface area contributed by atoms with Crippen molar-refractivity contribution in [3.05, 3.63) is 17.8 Å². The molecule has 5 heteroatoms. The van der Waals surface area contributed by atoms with Crippen LogP contribution < -0.4 is 10.1 Å². The Hall–Kier alpha value is -1.20. The Kier molecular flexibility index (Phi) is 7.25. The van der Waals surface area contributed by atoms with Crippen LogP contribution in [0.2, 0.25) is 0 Å². The van der Waals surface area contributed by atoms with Gasteiger partial charge in [0.05, 0.1) is 12.3 Å². The first-order chi connectivity index (χ1) is 8.36. The zero-order valence-electron chi connectivity index (χ0n) is 10.6. The molecular formula is C12H21N3O2. The van der Waals surface area contributed by atoms with Crippen molar-refractivity contribution in [3.8, 4) is 5.88 Å². The van der Waals surface area contributed by atoms with Crippen LogP contribution in [0.25, 0.3) is 0 Å². The molecule has 0 fully saturated rings. The average molecular weight is 239 g/mol. The summed E-state index contributed by atoms with van der Waals surface area (Å²) in [5.74, 6) is 0.547. The highest BCUT2D eigenvalue weighted by Gasteiger charge is 1.98. The third kappa shape index (κ3) is 6.19. The standard InChI is InChI=1S/C12H21N3O2/c1-3-7-16-8-9-17-12-6-5-11(14-15-12)10-13-4-2/h5-6,13H,3-4,7-10H2,1-2H3. The first kappa shape index (κ1) is 13.9. The number of hydrogen-bond donors (Lipinski definition) is 1. The van der Waals surface area contributed by atoms with Crippen molar-refractivity contribution in [1.29, 1.82) is 0 Å². The molecule has 96 valence electrons. The van der Waals surface area contributed by atoms with Crippen LogP contribution in [0.1, 0.15) is 26.0 Å². The van der Waals surface area contributed by atoms with Crippen LogP contribution in [-0.2, 0) is 11.3 Å². The molecule has 0 aromatic carbocycles. The molecule has 0 aliphatic carbocycles. The monoisotopic (exact) mass is 239 g/mol. The normalized spacial score (nSPS) is 10.5. The van der Waals surface area contributed by atoms with Gasteiger partial charge in [0, 0.05) is 19.2 Å². The quantitative estimate of drug-likeness (QED) is 0.660. The molecule has 17 heavy (non-hydrogen) atoms. The van der Waals surface area contributed by atoms with Gasteiger partial charge in [0.2, 0.25) is 5.88 Å². The van der Waals surface area contributed by atoms with Crippen molar-refractivity contribution in [1.82, 2.24) is 15.5 Å². The topological polar surface area (TPSA) is 56.3 Å². The van der Waals surface area contributed by atoms with Gasteiger partial charge in [-0.25, -0.2) is 0 Å².